The summed E-state index contributed by atoms with van der Waals surface area (Å²) in [7, 11) is -3.25. The third-order valence-electron chi connectivity index (χ3n) is 5.90. The SMILES string of the molecule is CCC(C)S(=O)(=O)N[C@H]1CC[C@H](C(=O)Nc2ccc3c(c2)CCC3)CC1. The van der Waals surface area contributed by atoms with Gasteiger partial charge in [0.05, 0.1) is 5.25 Å². The van der Waals surface area contributed by atoms with Gasteiger partial charge in [0.1, 0.15) is 0 Å². The van der Waals surface area contributed by atoms with Crippen molar-refractivity contribution in [2.24, 2.45) is 5.92 Å². The standard InChI is InChI=1S/C20H30N2O3S/c1-3-14(2)26(24,25)22-18-10-8-16(9-11-18)20(23)21-19-12-7-15-5-4-6-17(15)13-19/h7,12-14,16,18,22H,3-6,8-11H2,1-2H3,(H,21,23)/t14?,16-,18-. The Kier molecular flexibility index (Phi) is 6.03. The zero-order valence-corrected chi connectivity index (χ0v) is 16.6. The second-order valence-corrected chi connectivity index (χ2v) is 9.89. The van der Waals surface area contributed by atoms with Crippen molar-refractivity contribution in [3.8, 4) is 0 Å². The second kappa shape index (κ2) is 8.09. The highest BCUT2D eigenvalue weighted by Crippen LogP contribution is 2.28. The summed E-state index contributed by atoms with van der Waals surface area (Å²) in [5.74, 6) is 0.0267. The van der Waals surface area contributed by atoms with E-state index in [1.54, 1.807) is 6.92 Å². The van der Waals surface area contributed by atoms with Crippen LogP contribution >= 0.6 is 0 Å². The minimum absolute atomic E-state index is 0.0346. The van der Waals surface area contributed by atoms with Crippen LogP contribution in [0.4, 0.5) is 5.69 Å². The van der Waals surface area contributed by atoms with Gasteiger partial charge in [-0.05, 0) is 81.5 Å². The molecule has 6 heteroatoms. The number of nitrogens with one attached hydrogen (secondary N) is 2. The highest BCUT2D eigenvalue weighted by Gasteiger charge is 2.30. The Labute approximate surface area is 157 Å². The molecule has 2 N–H and O–H groups in total. The molecule has 1 saturated carbocycles. The zero-order valence-electron chi connectivity index (χ0n) is 15.8. The molecule has 0 saturated heterocycles. The van der Waals surface area contributed by atoms with Gasteiger partial charge in [0, 0.05) is 17.6 Å². The van der Waals surface area contributed by atoms with Crippen molar-refractivity contribution in [2.45, 2.75) is 76.5 Å². The van der Waals surface area contributed by atoms with Crippen molar-refractivity contribution in [3.05, 3.63) is 29.3 Å². The average molecular weight is 379 g/mol. The summed E-state index contributed by atoms with van der Waals surface area (Å²) in [6.45, 7) is 3.61. The third kappa shape index (κ3) is 4.46. The molecule has 144 valence electrons. The van der Waals surface area contributed by atoms with Crippen molar-refractivity contribution < 1.29 is 13.2 Å². The minimum Gasteiger partial charge on any atom is -0.326 e. The van der Waals surface area contributed by atoms with Crippen molar-refractivity contribution in [2.75, 3.05) is 5.32 Å². The van der Waals surface area contributed by atoms with Crippen LogP contribution in [0.3, 0.4) is 0 Å². The third-order valence-corrected chi connectivity index (χ3v) is 7.95. The lowest BCUT2D eigenvalue weighted by molar-refractivity contribution is -0.120. The Bertz CT molecular complexity index is 752. The minimum atomic E-state index is -3.25. The number of carbonyl (C=O) groups excluding carboxylic acids is 1. The van der Waals surface area contributed by atoms with E-state index >= 15 is 0 Å². The van der Waals surface area contributed by atoms with Crippen LogP contribution in [-0.2, 0) is 27.7 Å². The van der Waals surface area contributed by atoms with E-state index in [0.717, 1.165) is 44.2 Å². The van der Waals surface area contributed by atoms with Crippen LogP contribution < -0.4 is 10.0 Å². The van der Waals surface area contributed by atoms with Crippen LogP contribution in [0.15, 0.2) is 18.2 Å². The van der Waals surface area contributed by atoms with E-state index < -0.39 is 10.0 Å². The number of aryl methyl sites for hydroxylation is 2. The Morgan fingerprint density at radius 3 is 2.54 bits per heavy atom. The summed E-state index contributed by atoms with van der Waals surface area (Å²) in [6, 6.07) is 6.18. The van der Waals surface area contributed by atoms with E-state index in [1.807, 2.05) is 13.0 Å². The second-order valence-electron chi connectivity index (χ2n) is 7.76. The molecule has 0 radical (unpaired) electrons. The summed E-state index contributed by atoms with van der Waals surface area (Å²) in [4.78, 5) is 12.6. The average Bonchev–Trinajstić information content (AvgIpc) is 3.09. The first kappa shape index (κ1) is 19.4. The monoisotopic (exact) mass is 378 g/mol. The Morgan fingerprint density at radius 1 is 1.15 bits per heavy atom. The summed E-state index contributed by atoms with van der Waals surface area (Å²) >= 11 is 0. The maximum Gasteiger partial charge on any atom is 0.227 e. The Hall–Kier alpha value is -1.40. The molecule has 1 amide bonds. The number of hydrogen-bond donors (Lipinski definition) is 2. The van der Waals surface area contributed by atoms with Gasteiger partial charge in [0.2, 0.25) is 15.9 Å². The van der Waals surface area contributed by atoms with E-state index in [4.69, 9.17) is 0 Å². The van der Waals surface area contributed by atoms with Gasteiger partial charge in [-0.3, -0.25) is 4.79 Å². The first-order valence-electron chi connectivity index (χ1n) is 9.83. The van der Waals surface area contributed by atoms with Crippen LogP contribution in [0.2, 0.25) is 0 Å². The molecule has 0 heterocycles. The lowest BCUT2D eigenvalue weighted by atomic mass is 9.86. The maximum absolute atomic E-state index is 12.6. The first-order chi connectivity index (χ1) is 12.4. The van der Waals surface area contributed by atoms with E-state index in [2.05, 4.69) is 22.2 Å². The van der Waals surface area contributed by atoms with Gasteiger partial charge < -0.3 is 5.32 Å². The lowest BCUT2D eigenvalue weighted by Gasteiger charge is -2.29. The van der Waals surface area contributed by atoms with Crippen molar-refractivity contribution >= 4 is 21.6 Å². The quantitative estimate of drug-likeness (QED) is 0.797. The van der Waals surface area contributed by atoms with E-state index in [-0.39, 0.29) is 23.1 Å². The molecule has 2 aliphatic carbocycles. The molecule has 3 rings (SSSR count). The molecule has 1 atom stereocenters. The summed E-state index contributed by atoms with van der Waals surface area (Å²) < 4.78 is 27.2. The van der Waals surface area contributed by atoms with Crippen LogP contribution in [0.1, 0.15) is 63.5 Å². The summed E-state index contributed by atoms with van der Waals surface area (Å²) in [5, 5.41) is 2.68. The molecule has 0 aromatic heterocycles. The molecule has 0 bridgehead atoms. The van der Waals surface area contributed by atoms with Gasteiger partial charge in [0.15, 0.2) is 0 Å². The molecular weight excluding hydrogens is 348 g/mol. The molecule has 1 aromatic carbocycles. The van der Waals surface area contributed by atoms with E-state index in [9.17, 15) is 13.2 Å². The number of sulfonamides is 1. The number of carbonyl (C=O) groups is 1. The molecular formula is C20H30N2O3S. The van der Waals surface area contributed by atoms with Crippen LogP contribution in [0.5, 0.6) is 0 Å². The lowest BCUT2D eigenvalue weighted by Crippen LogP contribution is -2.42. The smallest absolute Gasteiger partial charge is 0.227 e. The van der Waals surface area contributed by atoms with Crippen molar-refractivity contribution in [3.63, 3.8) is 0 Å². The van der Waals surface area contributed by atoms with Gasteiger partial charge in [-0.1, -0.05) is 13.0 Å². The fraction of sp³-hybridized carbons (Fsp3) is 0.650. The predicted molar refractivity (Wildman–Crippen MR) is 105 cm³/mol. The fourth-order valence-corrected chi connectivity index (χ4v) is 5.31. The van der Waals surface area contributed by atoms with Gasteiger partial charge in [-0.25, -0.2) is 13.1 Å². The summed E-state index contributed by atoms with van der Waals surface area (Å²) in [6.07, 6.45) is 6.93. The molecule has 1 fully saturated rings. The van der Waals surface area contributed by atoms with Crippen molar-refractivity contribution in [1.29, 1.82) is 0 Å². The van der Waals surface area contributed by atoms with Crippen molar-refractivity contribution in [1.82, 2.24) is 4.72 Å². The Morgan fingerprint density at radius 2 is 1.85 bits per heavy atom. The van der Waals surface area contributed by atoms with Gasteiger partial charge in [0.25, 0.3) is 0 Å². The van der Waals surface area contributed by atoms with Crippen LogP contribution in [0.25, 0.3) is 0 Å². The Balaban J connectivity index is 1.51. The van der Waals surface area contributed by atoms with Gasteiger partial charge >= 0.3 is 0 Å². The largest absolute Gasteiger partial charge is 0.326 e. The zero-order chi connectivity index (χ0) is 18.7. The number of fused-ring (bicyclic) bond motifs is 1. The highest BCUT2D eigenvalue weighted by molar-refractivity contribution is 7.90. The normalized spacial score (nSPS) is 24.1. The maximum atomic E-state index is 12.6. The fourth-order valence-electron chi connectivity index (χ4n) is 3.94. The number of rotatable bonds is 6. The van der Waals surface area contributed by atoms with Gasteiger partial charge in [-0.2, -0.15) is 0 Å². The van der Waals surface area contributed by atoms with Gasteiger partial charge in [-0.15, -0.1) is 0 Å². The molecule has 1 aromatic rings. The number of hydrogen-bond acceptors (Lipinski definition) is 3. The molecule has 1 unspecified atom stereocenters. The number of amides is 1. The molecule has 0 aliphatic heterocycles. The topological polar surface area (TPSA) is 75.3 Å². The number of anilines is 1. The molecule has 0 spiro atoms. The predicted octanol–water partition coefficient (Wildman–Crippen LogP) is 3.39. The molecule has 26 heavy (non-hydrogen) atoms. The summed E-state index contributed by atoms with van der Waals surface area (Å²) in [5.41, 5.74) is 3.64. The molecule has 5 nitrogen and oxygen atoms in total. The molecule has 2 aliphatic rings. The van der Waals surface area contributed by atoms with Crippen LogP contribution in [0, 0.1) is 5.92 Å². The number of benzene rings is 1. The van der Waals surface area contributed by atoms with E-state index in [0.29, 0.717) is 6.42 Å². The van der Waals surface area contributed by atoms with Crippen LogP contribution in [-0.4, -0.2) is 25.6 Å². The highest BCUT2D eigenvalue weighted by atomic mass is 32.2. The van der Waals surface area contributed by atoms with E-state index in [1.165, 1.54) is 17.5 Å². The first-order valence-corrected chi connectivity index (χ1v) is 11.4.